The lowest BCUT2D eigenvalue weighted by Gasteiger charge is -2.10. The minimum atomic E-state index is -4.38. The Labute approximate surface area is 116 Å². The van der Waals surface area contributed by atoms with Gasteiger partial charge in [-0.15, -0.1) is 0 Å². The summed E-state index contributed by atoms with van der Waals surface area (Å²) in [6.07, 6.45) is -4.38. The highest BCUT2D eigenvalue weighted by molar-refractivity contribution is 6.37. The normalized spacial score (nSPS) is 11.4. The molecule has 1 amide bonds. The Balaban J connectivity index is 2.53. The number of aromatic hydroxyl groups is 1. The number of carbonyl (C=O) groups excluding carboxylic acids is 1. The maximum absolute atomic E-state index is 11.8. The molecule has 1 aromatic carbocycles. The molecule has 4 nitrogen and oxygen atoms in total. The van der Waals surface area contributed by atoms with Gasteiger partial charge < -0.3 is 15.7 Å². The molecule has 0 aliphatic carbocycles. The van der Waals surface area contributed by atoms with Crippen LogP contribution < -0.4 is 10.6 Å². The van der Waals surface area contributed by atoms with E-state index in [1.165, 1.54) is 12.1 Å². The molecule has 0 bridgehead atoms. The first kappa shape index (κ1) is 15.9. The first-order chi connectivity index (χ1) is 8.69. The average molecular weight is 317 g/mol. The minimum Gasteiger partial charge on any atom is -0.505 e. The van der Waals surface area contributed by atoms with E-state index >= 15 is 0 Å². The van der Waals surface area contributed by atoms with Gasteiger partial charge in [-0.05, 0) is 12.1 Å². The predicted octanol–water partition coefficient (Wildman–Crippen LogP) is 2.79. The van der Waals surface area contributed by atoms with E-state index in [1.54, 1.807) is 0 Å². The first-order valence-corrected chi connectivity index (χ1v) is 5.70. The standard InChI is InChI=1S/C10H9Cl2F3N2O2/c11-6-1-5(2-7(12)9(6)19)17-8(18)3-16-4-10(13,14)15/h1-2,16,19H,3-4H2,(H,17,18). The monoisotopic (exact) mass is 316 g/mol. The second kappa shape index (κ2) is 6.31. The van der Waals surface area contributed by atoms with Crippen molar-refractivity contribution in [1.29, 1.82) is 0 Å². The van der Waals surface area contributed by atoms with Gasteiger partial charge in [0.25, 0.3) is 0 Å². The van der Waals surface area contributed by atoms with Crippen molar-refractivity contribution >= 4 is 34.8 Å². The number of amides is 1. The number of hydrogen-bond acceptors (Lipinski definition) is 3. The van der Waals surface area contributed by atoms with Crippen molar-refractivity contribution in [3.63, 3.8) is 0 Å². The number of alkyl halides is 3. The molecule has 0 spiro atoms. The molecule has 0 atom stereocenters. The Morgan fingerprint density at radius 3 is 2.26 bits per heavy atom. The molecule has 0 aliphatic rings. The van der Waals surface area contributed by atoms with Crippen molar-refractivity contribution in [3.05, 3.63) is 22.2 Å². The molecule has 1 rings (SSSR count). The Morgan fingerprint density at radius 1 is 1.26 bits per heavy atom. The molecule has 19 heavy (non-hydrogen) atoms. The molecule has 0 heterocycles. The molecule has 0 saturated carbocycles. The molecular weight excluding hydrogens is 308 g/mol. The van der Waals surface area contributed by atoms with Gasteiger partial charge in [0.2, 0.25) is 5.91 Å². The second-order valence-corrected chi connectivity index (χ2v) is 4.37. The van der Waals surface area contributed by atoms with Crippen LogP contribution in [-0.2, 0) is 4.79 Å². The van der Waals surface area contributed by atoms with Crippen molar-refractivity contribution in [2.75, 3.05) is 18.4 Å². The third kappa shape index (κ3) is 5.54. The first-order valence-electron chi connectivity index (χ1n) is 4.94. The van der Waals surface area contributed by atoms with Crippen molar-refractivity contribution in [1.82, 2.24) is 5.32 Å². The van der Waals surface area contributed by atoms with Crippen molar-refractivity contribution in [2.45, 2.75) is 6.18 Å². The molecule has 0 fully saturated rings. The van der Waals surface area contributed by atoms with Crippen molar-refractivity contribution in [2.24, 2.45) is 0 Å². The van der Waals surface area contributed by atoms with Gasteiger partial charge in [0.05, 0.1) is 23.1 Å². The molecule has 1 aromatic rings. The summed E-state index contributed by atoms with van der Waals surface area (Å²) in [4.78, 5) is 11.3. The van der Waals surface area contributed by atoms with Gasteiger partial charge >= 0.3 is 6.18 Å². The highest BCUT2D eigenvalue weighted by Crippen LogP contribution is 2.34. The van der Waals surface area contributed by atoms with E-state index < -0.39 is 25.2 Å². The topological polar surface area (TPSA) is 61.4 Å². The summed E-state index contributed by atoms with van der Waals surface area (Å²) in [5.74, 6) is -1.03. The summed E-state index contributed by atoms with van der Waals surface area (Å²) in [5.41, 5.74) is 0.173. The fraction of sp³-hybridized carbons (Fsp3) is 0.300. The summed E-state index contributed by atoms with van der Waals surface area (Å²) < 4.78 is 35.5. The highest BCUT2D eigenvalue weighted by atomic mass is 35.5. The van der Waals surface area contributed by atoms with Gasteiger partial charge in [-0.2, -0.15) is 13.2 Å². The summed E-state index contributed by atoms with van der Waals surface area (Å²) in [5, 5.41) is 13.3. The van der Waals surface area contributed by atoms with E-state index in [0.717, 1.165) is 0 Å². The number of nitrogens with one attached hydrogen (secondary N) is 2. The Kier molecular flexibility index (Phi) is 5.28. The highest BCUT2D eigenvalue weighted by Gasteiger charge is 2.26. The van der Waals surface area contributed by atoms with E-state index in [4.69, 9.17) is 23.2 Å². The lowest BCUT2D eigenvalue weighted by molar-refractivity contribution is -0.126. The fourth-order valence-corrected chi connectivity index (χ4v) is 1.65. The number of phenols is 1. The van der Waals surface area contributed by atoms with Crippen LogP contribution in [0.2, 0.25) is 10.0 Å². The Hall–Kier alpha value is -1.18. The predicted molar refractivity (Wildman–Crippen MR) is 65.7 cm³/mol. The lowest BCUT2D eigenvalue weighted by atomic mass is 10.3. The molecule has 9 heteroatoms. The van der Waals surface area contributed by atoms with Crippen LogP contribution in [-0.4, -0.2) is 30.3 Å². The smallest absolute Gasteiger partial charge is 0.401 e. The summed E-state index contributed by atoms with van der Waals surface area (Å²) >= 11 is 11.2. The Bertz CT molecular complexity index is 457. The quantitative estimate of drug-likeness (QED) is 0.749. The van der Waals surface area contributed by atoms with E-state index in [-0.39, 0.29) is 21.5 Å². The molecule has 0 aliphatic heterocycles. The van der Waals surface area contributed by atoms with E-state index in [2.05, 4.69) is 5.32 Å². The second-order valence-electron chi connectivity index (χ2n) is 3.56. The molecule has 3 N–H and O–H groups in total. The zero-order valence-electron chi connectivity index (χ0n) is 9.31. The van der Waals surface area contributed by atoms with Crippen molar-refractivity contribution in [3.8, 4) is 5.75 Å². The third-order valence-electron chi connectivity index (χ3n) is 1.91. The zero-order chi connectivity index (χ0) is 14.6. The van der Waals surface area contributed by atoms with Gasteiger partial charge in [-0.3, -0.25) is 4.79 Å². The van der Waals surface area contributed by atoms with Crippen LogP contribution in [0.15, 0.2) is 12.1 Å². The average Bonchev–Trinajstić information content (AvgIpc) is 2.23. The number of benzene rings is 1. The molecule has 0 unspecified atom stereocenters. The van der Waals surface area contributed by atoms with Crippen LogP contribution in [0.1, 0.15) is 0 Å². The largest absolute Gasteiger partial charge is 0.505 e. The number of phenolic OH excluding ortho intramolecular Hbond substituents is 1. The van der Waals surface area contributed by atoms with Gasteiger partial charge in [-0.1, -0.05) is 23.2 Å². The molecule has 0 radical (unpaired) electrons. The minimum absolute atomic E-state index is 0.0777. The fourth-order valence-electron chi connectivity index (χ4n) is 1.16. The molecular formula is C10H9Cl2F3N2O2. The van der Waals surface area contributed by atoms with Gasteiger partial charge in [-0.25, -0.2) is 0 Å². The van der Waals surface area contributed by atoms with Gasteiger partial charge in [0.1, 0.15) is 0 Å². The van der Waals surface area contributed by atoms with Crippen LogP contribution in [0.3, 0.4) is 0 Å². The molecule has 0 saturated heterocycles. The van der Waals surface area contributed by atoms with Crippen LogP contribution in [0.5, 0.6) is 5.75 Å². The number of rotatable bonds is 4. The SMILES string of the molecule is O=C(CNCC(F)(F)F)Nc1cc(Cl)c(O)c(Cl)c1. The number of anilines is 1. The van der Waals surface area contributed by atoms with E-state index in [1.807, 2.05) is 5.32 Å². The van der Waals surface area contributed by atoms with E-state index in [0.29, 0.717) is 0 Å². The van der Waals surface area contributed by atoms with Crippen LogP contribution in [0.4, 0.5) is 18.9 Å². The van der Waals surface area contributed by atoms with Gasteiger partial charge in [0.15, 0.2) is 5.75 Å². The summed E-state index contributed by atoms with van der Waals surface area (Å²) in [6, 6.07) is 2.45. The lowest BCUT2D eigenvalue weighted by Crippen LogP contribution is -2.35. The zero-order valence-corrected chi connectivity index (χ0v) is 10.8. The van der Waals surface area contributed by atoms with Crippen LogP contribution in [0.25, 0.3) is 0 Å². The summed E-state index contributed by atoms with van der Waals surface area (Å²) in [7, 11) is 0. The van der Waals surface area contributed by atoms with Crippen molar-refractivity contribution < 1.29 is 23.1 Å². The van der Waals surface area contributed by atoms with E-state index in [9.17, 15) is 23.1 Å². The number of hydrogen-bond donors (Lipinski definition) is 3. The third-order valence-corrected chi connectivity index (χ3v) is 2.49. The Morgan fingerprint density at radius 2 is 1.79 bits per heavy atom. The van der Waals surface area contributed by atoms with Crippen LogP contribution in [0, 0.1) is 0 Å². The number of carbonyl (C=O) groups is 1. The van der Waals surface area contributed by atoms with Gasteiger partial charge in [0, 0.05) is 5.69 Å². The number of halogens is 5. The maximum Gasteiger partial charge on any atom is 0.401 e. The summed E-state index contributed by atoms with van der Waals surface area (Å²) in [6.45, 7) is -1.78. The molecule has 0 aromatic heterocycles. The molecule has 106 valence electrons. The van der Waals surface area contributed by atoms with Crippen LogP contribution >= 0.6 is 23.2 Å². The maximum atomic E-state index is 11.8.